The zero-order chi connectivity index (χ0) is 20.9. The molecule has 0 saturated heterocycles. The number of nitrogens with zero attached hydrogens (tertiary/aromatic N) is 3. The topological polar surface area (TPSA) is 50.2 Å². The minimum absolute atomic E-state index is 0.112. The molecule has 1 fully saturated rings. The summed E-state index contributed by atoms with van der Waals surface area (Å²) in [5.41, 5.74) is 4.16. The first kappa shape index (κ1) is 20.4. The van der Waals surface area contributed by atoms with Crippen molar-refractivity contribution in [1.29, 1.82) is 0 Å². The van der Waals surface area contributed by atoms with E-state index in [-0.39, 0.29) is 11.9 Å². The van der Waals surface area contributed by atoms with Crippen molar-refractivity contribution in [2.45, 2.75) is 51.2 Å². The summed E-state index contributed by atoms with van der Waals surface area (Å²) >= 11 is 0. The Balaban J connectivity index is 1.56. The molecule has 30 heavy (non-hydrogen) atoms. The molecule has 5 heteroatoms. The molecule has 0 aliphatic heterocycles. The second-order valence-corrected chi connectivity index (χ2v) is 8.23. The predicted octanol–water partition coefficient (Wildman–Crippen LogP) is 4.42. The molecule has 0 spiro atoms. The third-order valence-corrected chi connectivity index (χ3v) is 6.02. The molecular formula is C25H30N4O. The summed E-state index contributed by atoms with van der Waals surface area (Å²) < 4.78 is 1.93. The van der Waals surface area contributed by atoms with Gasteiger partial charge in [-0.2, -0.15) is 5.10 Å². The first-order valence-corrected chi connectivity index (χ1v) is 10.8. The van der Waals surface area contributed by atoms with Crippen LogP contribution in [0.3, 0.4) is 0 Å². The first-order chi connectivity index (χ1) is 14.6. The van der Waals surface area contributed by atoms with Gasteiger partial charge in [-0.05, 0) is 38.9 Å². The molecule has 1 aromatic heterocycles. The average molecular weight is 403 g/mol. The number of para-hydroxylation sites is 1. The molecule has 156 valence electrons. The van der Waals surface area contributed by atoms with Crippen molar-refractivity contribution in [3.63, 3.8) is 0 Å². The van der Waals surface area contributed by atoms with Crippen LogP contribution in [0.2, 0.25) is 0 Å². The predicted molar refractivity (Wildman–Crippen MR) is 120 cm³/mol. The van der Waals surface area contributed by atoms with Crippen molar-refractivity contribution < 1.29 is 4.79 Å². The van der Waals surface area contributed by atoms with Gasteiger partial charge in [-0.15, -0.1) is 0 Å². The maximum absolute atomic E-state index is 12.7. The lowest BCUT2D eigenvalue weighted by atomic mass is 10.1. The summed E-state index contributed by atoms with van der Waals surface area (Å²) in [7, 11) is 2.01. The van der Waals surface area contributed by atoms with Crippen LogP contribution in [0.1, 0.15) is 38.2 Å². The Bertz CT molecular complexity index is 961. The molecule has 5 nitrogen and oxygen atoms in total. The highest BCUT2D eigenvalue weighted by Gasteiger charge is 2.24. The van der Waals surface area contributed by atoms with Gasteiger partial charge in [0.25, 0.3) is 0 Å². The molecule has 1 amide bonds. The van der Waals surface area contributed by atoms with E-state index in [9.17, 15) is 4.79 Å². The molecule has 3 aromatic rings. The Kier molecular flexibility index (Phi) is 6.29. The number of benzene rings is 2. The van der Waals surface area contributed by atoms with Gasteiger partial charge < -0.3 is 5.32 Å². The number of hydrogen-bond acceptors (Lipinski definition) is 3. The molecule has 1 saturated carbocycles. The third-order valence-electron chi connectivity index (χ3n) is 6.02. The summed E-state index contributed by atoms with van der Waals surface area (Å²) in [5, 5.41) is 8.10. The largest absolute Gasteiger partial charge is 0.352 e. The Labute approximate surface area is 178 Å². The lowest BCUT2D eigenvalue weighted by Crippen LogP contribution is -2.46. The summed E-state index contributed by atoms with van der Waals surface area (Å²) in [4.78, 5) is 14.8. The van der Waals surface area contributed by atoms with Crippen molar-refractivity contribution in [2.75, 3.05) is 7.05 Å². The molecule has 1 heterocycles. The van der Waals surface area contributed by atoms with Crippen LogP contribution in [-0.4, -0.2) is 39.7 Å². The van der Waals surface area contributed by atoms with Crippen molar-refractivity contribution >= 4 is 5.91 Å². The van der Waals surface area contributed by atoms with Gasteiger partial charge in [0, 0.05) is 29.9 Å². The number of rotatable bonds is 7. The number of likely N-dealkylation sites (N-methyl/N-ethyl adjacent to an activating group) is 1. The lowest BCUT2D eigenvalue weighted by molar-refractivity contribution is -0.126. The van der Waals surface area contributed by atoms with Gasteiger partial charge in [-0.3, -0.25) is 9.69 Å². The van der Waals surface area contributed by atoms with Gasteiger partial charge >= 0.3 is 0 Å². The van der Waals surface area contributed by atoms with Crippen molar-refractivity contribution in [2.24, 2.45) is 0 Å². The molecule has 0 bridgehead atoms. The van der Waals surface area contributed by atoms with E-state index in [1.54, 1.807) is 0 Å². The lowest BCUT2D eigenvalue weighted by Gasteiger charge is -2.25. The van der Waals surface area contributed by atoms with Gasteiger partial charge in [-0.25, -0.2) is 4.68 Å². The second-order valence-electron chi connectivity index (χ2n) is 8.23. The van der Waals surface area contributed by atoms with Gasteiger partial charge in [0.05, 0.1) is 17.4 Å². The molecule has 2 aromatic carbocycles. The first-order valence-electron chi connectivity index (χ1n) is 10.8. The summed E-state index contributed by atoms with van der Waals surface area (Å²) in [6.45, 7) is 2.63. The van der Waals surface area contributed by atoms with Crippen LogP contribution in [0.5, 0.6) is 0 Å². The highest BCUT2D eigenvalue weighted by atomic mass is 16.2. The number of hydrogen-bond donors (Lipinski definition) is 1. The number of carbonyl (C=O) groups is 1. The van der Waals surface area contributed by atoms with Gasteiger partial charge in [0.1, 0.15) is 0 Å². The van der Waals surface area contributed by atoms with Crippen LogP contribution in [-0.2, 0) is 11.3 Å². The van der Waals surface area contributed by atoms with Crippen LogP contribution in [0.15, 0.2) is 66.9 Å². The maximum Gasteiger partial charge on any atom is 0.237 e. The van der Waals surface area contributed by atoms with E-state index in [0.29, 0.717) is 12.6 Å². The molecule has 1 N–H and O–H groups in total. The zero-order valence-electron chi connectivity index (χ0n) is 17.8. The summed E-state index contributed by atoms with van der Waals surface area (Å²) in [6.07, 6.45) is 6.71. The van der Waals surface area contributed by atoms with Crippen LogP contribution >= 0.6 is 0 Å². The van der Waals surface area contributed by atoms with Gasteiger partial charge in [0.2, 0.25) is 5.91 Å². The summed E-state index contributed by atoms with van der Waals surface area (Å²) in [6, 6.07) is 20.5. The Morgan fingerprint density at radius 2 is 1.73 bits per heavy atom. The minimum Gasteiger partial charge on any atom is -0.352 e. The van der Waals surface area contributed by atoms with Crippen molar-refractivity contribution in [3.8, 4) is 16.9 Å². The standard InChI is InChI=1S/C25H30N4O/c1-19(25(30)26-22-13-9-10-14-22)28(2)17-21-18-29(23-15-7-4-8-16-23)27-24(21)20-11-5-3-6-12-20/h3-8,11-12,15-16,18-19,22H,9-10,13-14,17H2,1-2H3,(H,26,30)/t19-/m0/s1. The van der Waals surface area contributed by atoms with E-state index in [2.05, 4.69) is 28.5 Å². The second kappa shape index (κ2) is 9.26. The zero-order valence-corrected chi connectivity index (χ0v) is 17.8. The fraction of sp³-hybridized carbons (Fsp3) is 0.360. The fourth-order valence-electron chi connectivity index (χ4n) is 4.08. The molecule has 1 aliphatic carbocycles. The van der Waals surface area contributed by atoms with E-state index in [4.69, 9.17) is 5.10 Å². The molecule has 4 rings (SSSR count). The van der Waals surface area contributed by atoms with Crippen LogP contribution in [0.4, 0.5) is 0 Å². The fourth-order valence-corrected chi connectivity index (χ4v) is 4.08. The monoisotopic (exact) mass is 402 g/mol. The highest BCUT2D eigenvalue weighted by molar-refractivity contribution is 5.81. The Hall–Kier alpha value is -2.92. The molecule has 0 radical (unpaired) electrons. The van der Waals surface area contributed by atoms with E-state index < -0.39 is 0 Å². The average Bonchev–Trinajstić information content (AvgIpc) is 3.44. The minimum atomic E-state index is -0.200. The van der Waals surface area contributed by atoms with E-state index in [1.165, 1.54) is 12.8 Å². The molecule has 1 atom stereocenters. The quantitative estimate of drug-likeness (QED) is 0.636. The normalized spacial score (nSPS) is 15.4. The number of nitrogens with one attached hydrogen (secondary N) is 1. The van der Waals surface area contributed by atoms with Crippen molar-refractivity contribution in [3.05, 3.63) is 72.4 Å². The van der Waals surface area contributed by atoms with E-state index in [0.717, 1.165) is 35.3 Å². The Morgan fingerprint density at radius 3 is 2.40 bits per heavy atom. The molecular weight excluding hydrogens is 372 g/mol. The smallest absolute Gasteiger partial charge is 0.237 e. The van der Waals surface area contributed by atoms with Gasteiger partial charge in [0.15, 0.2) is 0 Å². The summed E-state index contributed by atoms with van der Waals surface area (Å²) in [5.74, 6) is 0.112. The number of amides is 1. The Morgan fingerprint density at radius 1 is 1.10 bits per heavy atom. The SMILES string of the molecule is C[C@@H](C(=O)NC1CCCC1)N(C)Cc1cn(-c2ccccc2)nc1-c1ccccc1. The molecule has 1 aliphatic rings. The van der Waals surface area contributed by atoms with Gasteiger partial charge in [-0.1, -0.05) is 61.4 Å². The van der Waals surface area contributed by atoms with E-state index >= 15 is 0 Å². The number of aromatic nitrogens is 2. The van der Waals surface area contributed by atoms with Crippen LogP contribution < -0.4 is 5.32 Å². The highest BCUT2D eigenvalue weighted by Crippen LogP contribution is 2.25. The van der Waals surface area contributed by atoms with Crippen LogP contribution in [0, 0.1) is 0 Å². The third kappa shape index (κ3) is 4.62. The molecule has 0 unspecified atom stereocenters. The van der Waals surface area contributed by atoms with E-state index in [1.807, 2.05) is 67.2 Å². The van der Waals surface area contributed by atoms with Crippen LogP contribution in [0.25, 0.3) is 16.9 Å². The number of carbonyl (C=O) groups excluding carboxylic acids is 1. The van der Waals surface area contributed by atoms with Crippen molar-refractivity contribution in [1.82, 2.24) is 20.0 Å². The maximum atomic E-state index is 12.7.